The molecule has 1 rings (SSSR count). The molecule has 0 aromatic heterocycles. The Morgan fingerprint density at radius 1 is 1.06 bits per heavy atom. The van der Waals surface area contributed by atoms with Crippen LogP contribution in [0.1, 0.15) is 25.8 Å². The van der Waals surface area contributed by atoms with E-state index in [0.29, 0.717) is 6.61 Å². The van der Waals surface area contributed by atoms with Crippen LogP contribution in [0.2, 0.25) is 0 Å². The van der Waals surface area contributed by atoms with Crippen LogP contribution in [0, 0.1) is 0 Å². The number of hydrogen-bond acceptors (Lipinski definition) is 3. The van der Waals surface area contributed by atoms with E-state index in [1.54, 1.807) is 0 Å². The molecule has 0 aliphatic rings. The molecular weight excluding hydrogens is 226 g/mol. The molecule has 1 N–H and O–H groups in total. The Hall–Kier alpha value is -1.06. The molecule has 0 fully saturated rings. The van der Waals surface area contributed by atoms with Crippen molar-refractivity contribution in [1.29, 1.82) is 0 Å². The predicted molar refractivity (Wildman–Crippen MR) is 75.3 cm³/mol. The zero-order chi connectivity index (χ0) is 13.1. The summed E-state index contributed by atoms with van der Waals surface area (Å²) in [6, 6.07) is 8.22. The number of rotatable bonds is 10. The second-order valence-corrected chi connectivity index (χ2v) is 4.11. The molecule has 0 radical (unpaired) electrons. The van der Waals surface area contributed by atoms with Crippen molar-refractivity contribution in [2.45, 2.75) is 26.7 Å². The lowest BCUT2D eigenvalue weighted by Gasteiger charge is -2.10. The van der Waals surface area contributed by atoms with Gasteiger partial charge < -0.3 is 14.8 Å². The number of ether oxygens (including phenoxy) is 2. The molecule has 0 amide bonds. The Bertz CT molecular complexity index is 315. The molecule has 1 aromatic rings. The third kappa shape index (κ3) is 6.03. The van der Waals surface area contributed by atoms with Crippen LogP contribution in [-0.4, -0.2) is 32.9 Å². The van der Waals surface area contributed by atoms with Gasteiger partial charge in [-0.05, 0) is 37.9 Å². The summed E-state index contributed by atoms with van der Waals surface area (Å²) in [6.45, 7) is 8.38. The molecule has 3 nitrogen and oxygen atoms in total. The summed E-state index contributed by atoms with van der Waals surface area (Å²) >= 11 is 0. The van der Waals surface area contributed by atoms with Gasteiger partial charge in [-0.15, -0.1) is 0 Å². The van der Waals surface area contributed by atoms with Gasteiger partial charge in [0, 0.05) is 19.8 Å². The Morgan fingerprint density at radius 2 is 1.89 bits per heavy atom. The smallest absolute Gasteiger partial charge is 0.122 e. The molecular formula is C15H25NO2. The van der Waals surface area contributed by atoms with E-state index < -0.39 is 0 Å². The molecule has 0 unspecified atom stereocenters. The molecule has 102 valence electrons. The summed E-state index contributed by atoms with van der Waals surface area (Å²) < 4.78 is 11.0. The molecule has 3 heteroatoms. The van der Waals surface area contributed by atoms with Gasteiger partial charge in [0.1, 0.15) is 12.4 Å². The zero-order valence-corrected chi connectivity index (χ0v) is 11.6. The topological polar surface area (TPSA) is 30.5 Å². The Morgan fingerprint density at radius 3 is 2.67 bits per heavy atom. The minimum atomic E-state index is 0.714. The van der Waals surface area contributed by atoms with Crippen molar-refractivity contribution in [3.63, 3.8) is 0 Å². The van der Waals surface area contributed by atoms with Crippen LogP contribution < -0.4 is 10.1 Å². The van der Waals surface area contributed by atoms with Crippen LogP contribution in [0.15, 0.2) is 24.3 Å². The van der Waals surface area contributed by atoms with E-state index in [0.717, 1.165) is 44.9 Å². The van der Waals surface area contributed by atoms with Crippen LogP contribution in [-0.2, 0) is 11.2 Å². The lowest BCUT2D eigenvalue weighted by Crippen LogP contribution is -2.23. The molecule has 0 bridgehead atoms. The van der Waals surface area contributed by atoms with Crippen molar-refractivity contribution in [1.82, 2.24) is 5.32 Å². The van der Waals surface area contributed by atoms with E-state index in [9.17, 15) is 0 Å². The third-order valence-electron chi connectivity index (χ3n) is 2.74. The molecule has 0 heterocycles. The van der Waals surface area contributed by atoms with Crippen molar-refractivity contribution in [3.05, 3.63) is 29.8 Å². The highest BCUT2D eigenvalue weighted by Crippen LogP contribution is 2.17. The van der Waals surface area contributed by atoms with E-state index in [-0.39, 0.29) is 0 Å². The van der Waals surface area contributed by atoms with Crippen molar-refractivity contribution >= 4 is 0 Å². The first-order valence-electron chi connectivity index (χ1n) is 6.87. The zero-order valence-electron chi connectivity index (χ0n) is 11.6. The fourth-order valence-corrected chi connectivity index (χ4v) is 1.74. The first-order chi connectivity index (χ1) is 8.88. The van der Waals surface area contributed by atoms with Gasteiger partial charge in [-0.25, -0.2) is 0 Å². The summed E-state index contributed by atoms with van der Waals surface area (Å²) in [7, 11) is 0. The van der Waals surface area contributed by atoms with Gasteiger partial charge in [-0.3, -0.25) is 0 Å². The van der Waals surface area contributed by atoms with Gasteiger partial charge in [0.25, 0.3) is 0 Å². The standard InChI is InChI=1S/C15H25NO2/c1-3-14-8-5-6-9-15(14)18-13-11-16-10-7-12-17-4-2/h5-6,8-9,16H,3-4,7,10-13H2,1-2H3. The average Bonchev–Trinajstić information content (AvgIpc) is 2.42. The van der Waals surface area contributed by atoms with Crippen molar-refractivity contribution in [2.75, 3.05) is 32.9 Å². The van der Waals surface area contributed by atoms with Gasteiger partial charge in [-0.2, -0.15) is 0 Å². The van der Waals surface area contributed by atoms with Gasteiger partial charge in [0.05, 0.1) is 0 Å². The Balaban J connectivity index is 2.07. The SMILES string of the molecule is CCOCCCNCCOc1ccccc1CC. The maximum atomic E-state index is 5.76. The molecule has 18 heavy (non-hydrogen) atoms. The van der Waals surface area contributed by atoms with Crippen LogP contribution in [0.5, 0.6) is 5.75 Å². The van der Waals surface area contributed by atoms with E-state index in [1.807, 2.05) is 19.1 Å². The van der Waals surface area contributed by atoms with E-state index >= 15 is 0 Å². The minimum Gasteiger partial charge on any atom is -0.492 e. The third-order valence-corrected chi connectivity index (χ3v) is 2.74. The molecule has 1 aromatic carbocycles. The lowest BCUT2D eigenvalue weighted by molar-refractivity contribution is 0.144. The van der Waals surface area contributed by atoms with E-state index in [4.69, 9.17) is 9.47 Å². The molecule has 0 aliphatic carbocycles. The maximum Gasteiger partial charge on any atom is 0.122 e. The number of aryl methyl sites for hydroxylation is 1. The summed E-state index contributed by atoms with van der Waals surface area (Å²) in [5.74, 6) is 1.01. The van der Waals surface area contributed by atoms with Crippen LogP contribution >= 0.6 is 0 Å². The predicted octanol–water partition coefficient (Wildman–Crippen LogP) is 2.64. The largest absolute Gasteiger partial charge is 0.492 e. The quantitative estimate of drug-likeness (QED) is 0.648. The second-order valence-electron chi connectivity index (χ2n) is 4.11. The summed E-state index contributed by atoms with van der Waals surface area (Å²) in [4.78, 5) is 0. The Kier molecular flexibility index (Phi) is 8.26. The highest BCUT2D eigenvalue weighted by molar-refractivity contribution is 5.33. The lowest BCUT2D eigenvalue weighted by atomic mass is 10.1. The minimum absolute atomic E-state index is 0.714. The maximum absolute atomic E-state index is 5.76. The van der Waals surface area contributed by atoms with E-state index in [1.165, 1.54) is 5.56 Å². The summed E-state index contributed by atoms with van der Waals surface area (Å²) in [5.41, 5.74) is 1.27. The summed E-state index contributed by atoms with van der Waals surface area (Å²) in [5, 5.41) is 3.35. The van der Waals surface area contributed by atoms with Gasteiger partial charge in [0.2, 0.25) is 0 Å². The number of benzene rings is 1. The highest BCUT2D eigenvalue weighted by atomic mass is 16.5. The van der Waals surface area contributed by atoms with Gasteiger partial charge in [0.15, 0.2) is 0 Å². The first-order valence-corrected chi connectivity index (χ1v) is 6.87. The Labute approximate surface area is 110 Å². The highest BCUT2D eigenvalue weighted by Gasteiger charge is 1.99. The average molecular weight is 251 g/mol. The van der Waals surface area contributed by atoms with Crippen molar-refractivity contribution < 1.29 is 9.47 Å². The second kappa shape index (κ2) is 9.92. The van der Waals surface area contributed by atoms with Crippen molar-refractivity contribution in [3.8, 4) is 5.75 Å². The number of para-hydroxylation sites is 1. The van der Waals surface area contributed by atoms with Crippen LogP contribution in [0.3, 0.4) is 0 Å². The fourth-order valence-electron chi connectivity index (χ4n) is 1.74. The van der Waals surface area contributed by atoms with E-state index in [2.05, 4.69) is 24.4 Å². The van der Waals surface area contributed by atoms with Gasteiger partial charge in [-0.1, -0.05) is 25.1 Å². The molecule has 0 saturated heterocycles. The van der Waals surface area contributed by atoms with Crippen LogP contribution in [0.4, 0.5) is 0 Å². The van der Waals surface area contributed by atoms with Gasteiger partial charge >= 0.3 is 0 Å². The van der Waals surface area contributed by atoms with Crippen molar-refractivity contribution in [2.24, 2.45) is 0 Å². The monoisotopic (exact) mass is 251 g/mol. The molecule has 0 aliphatic heterocycles. The summed E-state index contributed by atoms with van der Waals surface area (Å²) in [6.07, 6.45) is 2.07. The fraction of sp³-hybridized carbons (Fsp3) is 0.600. The first kappa shape index (κ1) is 15.0. The van der Waals surface area contributed by atoms with Crippen LogP contribution in [0.25, 0.3) is 0 Å². The number of hydrogen-bond donors (Lipinski definition) is 1. The molecule has 0 saturated carbocycles. The normalized spacial score (nSPS) is 10.6. The number of nitrogens with one attached hydrogen (secondary N) is 1. The molecule has 0 atom stereocenters. The molecule has 0 spiro atoms.